The molecule has 204 valence electrons. The molecule has 0 saturated heterocycles. The average molecular weight is 552 g/mol. The Bertz CT molecular complexity index is 1130. The number of para-hydroxylation sites is 2. The third-order valence-electron chi connectivity index (χ3n) is 5.99. The fraction of sp³-hybridized carbons (Fsp3) is 0.481. The van der Waals surface area contributed by atoms with E-state index in [0.717, 1.165) is 24.7 Å². The standard InChI is InChI=1S/C27H38ClN3O5S/c1-5-7-18-29-27(33)23(6-2)30(20-21-14-16-22(28)17-15-21)26(32)13-10-19-31(37(4,34)35)24-11-8-9-12-25(24)36-3/h8-9,11-12,14-17,23H,5-7,10,13,18-20H2,1-4H3,(H,29,33)/t23-/m1/s1. The minimum atomic E-state index is -3.62. The van der Waals surface area contributed by atoms with Gasteiger partial charge in [0.05, 0.1) is 19.1 Å². The van der Waals surface area contributed by atoms with Crippen LogP contribution in [0.5, 0.6) is 5.75 Å². The maximum atomic E-state index is 13.5. The summed E-state index contributed by atoms with van der Waals surface area (Å²) in [5.41, 5.74) is 1.27. The molecular weight excluding hydrogens is 514 g/mol. The molecule has 0 spiro atoms. The monoisotopic (exact) mass is 551 g/mol. The van der Waals surface area contributed by atoms with E-state index in [4.69, 9.17) is 16.3 Å². The number of benzene rings is 2. The number of rotatable bonds is 15. The Morgan fingerprint density at radius 3 is 2.32 bits per heavy atom. The predicted molar refractivity (Wildman–Crippen MR) is 148 cm³/mol. The van der Waals surface area contributed by atoms with Crippen LogP contribution >= 0.6 is 11.6 Å². The van der Waals surface area contributed by atoms with Crippen LogP contribution in [0, 0.1) is 0 Å². The van der Waals surface area contributed by atoms with Crippen molar-refractivity contribution in [2.75, 3.05) is 30.8 Å². The Morgan fingerprint density at radius 1 is 1.05 bits per heavy atom. The summed E-state index contributed by atoms with van der Waals surface area (Å²) in [6, 6.07) is 13.4. The molecule has 0 aromatic heterocycles. The van der Waals surface area contributed by atoms with Crippen LogP contribution in [0.25, 0.3) is 0 Å². The van der Waals surface area contributed by atoms with Gasteiger partial charge < -0.3 is 15.0 Å². The fourth-order valence-electron chi connectivity index (χ4n) is 4.03. The lowest BCUT2D eigenvalue weighted by atomic mass is 10.1. The van der Waals surface area contributed by atoms with Crippen molar-refractivity contribution in [2.24, 2.45) is 0 Å². The number of nitrogens with one attached hydrogen (secondary N) is 1. The highest BCUT2D eigenvalue weighted by Gasteiger charge is 2.29. The van der Waals surface area contributed by atoms with Gasteiger partial charge in [-0.3, -0.25) is 13.9 Å². The molecule has 0 aliphatic heterocycles. The normalized spacial score (nSPS) is 12.0. The fourth-order valence-corrected chi connectivity index (χ4v) is 5.13. The molecule has 37 heavy (non-hydrogen) atoms. The number of hydrogen-bond acceptors (Lipinski definition) is 5. The Labute approximate surface area is 226 Å². The van der Waals surface area contributed by atoms with E-state index in [0.29, 0.717) is 29.4 Å². The van der Waals surface area contributed by atoms with E-state index in [1.54, 1.807) is 41.3 Å². The minimum Gasteiger partial charge on any atom is -0.495 e. The second-order valence-electron chi connectivity index (χ2n) is 8.83. The number of hydrogen-bond donors (Lipinski definition) is 1. The van der Waals surface area contributed by atoms with Gasteiger partial charge in [0.1, 0.15) is 11.8 Å². The van der Waals surface area contributed by atoms with Crippen LogP contribution in [0.1, 0.15) is 51.5 Å². The van der Waals surface area contributed by atoms with Gasteiger partial charge in [-0.15, -0.1) is 0 Å². The van der Waals surface area contributed by atoms with Crippen LogP contribution in [-0.4, -0.2) is 57.6 Å². The number of amides is 2. The number of anilines is 1. The second-order valence-corrected chi connectivity index (χ2v) is 11.2. The summed E-state index contributed by atoms with van der Waals surface area (Å²) >= 11 is 6.02. The third-order valence-corrected chi connectivity index (χ3v) is 7.42. The number of unbranched alkanes of at least 4 members (excludes halogenated alkanes) is 1. The summed E-state index contributed by atoms with van der Waals surface area (Å²) in [5, 5.41) is 3.52. The number of sulfonamides is 1. The van der Waals surface area contributed by atoms with Crippen molar-refractivity contribution < 1.29 is 22.7 Å². The highest BCUT2D eigenvalue weighted by molar-refractivity contribution is 7.92. The molecule has 0 heterocycles. The topological polar surface area (TPSA) is 96.0 Å². The van der Waals surface area contributed by atoms with E-state index in [9.17, 15) is 18.0 Å². The summed E-state index contributed by atoms with van der Waals surface area (Å²) in [6.07, 6.45) is 3.74. The Kier molecular flexibility index (Phi) is 12.2. The Morgan fingerprint density at radius 2 is 1.73 bits per heavy atom. The van der Waals surface area contributed by atoms with E-state index in [1.807, 2.05) is 26.0 Å². The molecule has 2 aromatic carbocycles. The van der Waals surface area contributed by atoms with Gasteiger partial charge in [0.2, 0.25) is 21.8 Å². The zero-order chi connectivity index (χ0) is 27.4. The first-order chi connectivity index (χ1) is 17.6. The number of ether oxygens (including phenoxy) is 1. The largest absolute Gasteiger partial charge is 0.495 e. The maximum absolute atomic E-state index is 13.5. The van der Waals surface area contributed by atoms with E-state index in [2.05, 4.69) is 5.32 Å². The summed E-state index contributed by atoms with van der Waals surface area (Å²) in [5.74, 6) is 0.0179. The first kappa shape index (κ1) is 30.4. The number of methoxy groups -OCH3 is 1. The number of nitrogens with zero attached hydrogens (tertiary/aromatic N) is 2. The van der Waals surface area contributed by atoms with Gasteiger partial charge in [-0.25, -0.2) is 8.42 Å². The molecule has 1 atom stereocenters. The molecule has 2 aromatic rings. The van der Waals surface area contributed by atoms with Crippen LogP contribution < -0.4 is 14.4 Å². The lowest BCUT2D eigenvalue weighted by Gasteiger charge is -2.31. The van der Waals surface area contributed by atoms with E-state index >= 15 is 0 Å². The summed E-state index contributed by atoms with van der Waals surface area (Å²) < 4.78 is 31.7. The molecule has 0 aliphatic carbocycles. The molecular formula is C27H38ClN3O5S. The highest BCUT2D eigenvalue weighted by Crippen LogP contribution is 2.30. The Balaban J connectivity index is 2.21. The van der Waals surface area contributed by atoms with E-state index in [-0.39, 0.29) is 37.7 Å². The SMILES string of the molecule is CCCCNC(=O)[C@@H](CC)N(Cc1ccc(Cl)cc1)C(=O)CCCN(c1ccccc1OC)S(C)(=O)=O. The van der Waals surface area contributed by atoms with Gasteiger partial charge >= 0.3 is 0 Å². The van der Waals surface area contributed by atoms with Crippen molar-refractivity contribution >= 4 is 39.1 Å². The molecule has 2 rings (SSSR count). The first-order valence-electron chi connectivity index (χ1n) is 12.5. The number of carbonyl (C=O) groups is 2. The summed E-state index contributed by atoms with van der Waals surface area (Å²) in [7, 11) is -2.14. The quantitative estimate of drug-likeness (QED) is 0.326. The van der Waals surface area contributed by atoms with Gasteiger partial charge in [0.15, 0.2) is 0 Å². The molecule has 0 aliphatic rings. The first-order valence-corrected chi connectivity index (χ1v) is 14.8. The van der Waals surface area contributed by atoms with Crippen LogP contribution in [0.15, 0.2) is 48.5 Å². The number of halogens is 1. The molecule has 1 N–H and O–H groups in total. The van der Waals surface area contributed by atoms with Gasteiger partial charge in [-0.2, -0.15) is 0 Å². The number of carbonyl (C=O) groups excluding carboxylic acids is 2. The van der Waals surface area contributed by atoms with Crippen LogP contribution in [0.3, 0.4) is 0 Å². The van der Waals surface area contributed by atoms with Crippen molar-refractivity contribution in [2.45, 2.75) is 58.5 Å². The van der Waals surface area contributed by atoms with Gasteiger partial charge in [0, 0.05) is 31.1 Å². The van der Waals surface area contributed by atoms with Gasteiger partial charge in [-0.1, -0.05) is 56.1 Å². The molecule has 0 fully saturated rings. The molecule has 0 saturated carbocycles. The molecule has 8 nitrogen and oxygen atoms in total. The van der Waals surface area contributed by atoms with E-state index in [1.165, 1.54) is 11.4 Å². The lowest BCUT2D eigenvalue weighted by Crippen LogP contribution is -2.49. The molecule has 0 unspecified atom stereocenters. The molecule has 2 amide bonds. The lowest BCUT2D eigenvalue weighted by molar-refractivity contribution is -0.141. The minimum absolute atomic E-state index is 0.0769. The van der Waals surface area contributed by atoms with Crippen molar-refractivity contribution in [3.05, 3.63) is 59.1 Å². The third kappa shape index (κ3) is 9.23. The zero-order valence-corrected chi connectivity index (χ0v) is 23.6. The van der Waals surface area contributed by atoms with Crippen molar-refractivity contribution in [3.63, 3.8) is 0 Å². The van der Waals surface area contributed by atoms with Crippen LogP contribution in [0.2, 0.25) is 5.02 Å². The van der Waals surface area contributed by atoms with Crippen molar-refractivity contribution in [1.29, 1.82) is 0 Å². The van der Waals surface area contributed by atoms with Gasteiger partial charge in [0.25, 0.3) is 0 Å². The zero-order valence-electron chi connectivity index (χ0n) is 22.1. The highest BCUT2D eigenvalue weighted by atomic mass is 35.5. The molecule has 0 radical (unpaired) electrons. The van der Waals surface area contributed by atoms with Gasteiger partial charge in [-0.05, 0) is 49.1 Å². The second kappa shape index (κ2) is 14.8. The Hall–Kier alpha value is -2.78. The predicted octanol–water partition coefficient (Wildman–Crippen LogP) is 4.62. The van der Waals surface area contributed by atoms with E-state index < -0.39 is 16.1 Å². The van der Waals surface area contributed by atoms with Crippen LogP contribution in [0.4, 0.5) is 5.69 Å². The summed E-state index contributed by atoms with van der Waals surface area (Å²) in [6.45, 7) is 4.82. The van der Waals surface area contributed by atoms with Crippen molar-refractivity contribution in [3.8, 4) is 5.75 Å². The molecule has 10 heteroatoms. The van der Waals surface area contributed by atoms with Crippen molar-refractivity contribution in [1.82, 2.24) is 10.2 Å². The smallest absolute Gasteiger partial charge is 0.242 e. The summed E-state index contributed by atoms with van der Waals surface area (Å²) in [4.78, 5) is 28.0. The maximum Gasteiger partial charge on any atom is 0.242 e. The average Bonchev–Trinajstić information content (AvgIpc) is 2.87. The van der Waals surface area contributed by atoms with Crippen LogP contribution in [-0.2, 0) is 26.2 Å². The molecule has 0 bridgehead atoms.